The summed E-state index contributed by atoms with van der Waals surface area (Å²) >= 11 is 0. The molecule has 2 atom stereocenters. The minimum absolute atomic E-state index is 0.480. The minimum Gasteiger partial charge on any atom is -0.778 e. The fourth-order valence-corrected chi connectivity index (χ4v) is 5.19. The van der Waals surface area contributed by atoms with Gasteiger partial charge in [0.25, 0.3) is 0 Å². The summed E-state index contributed by atoms with van der Waals surface area (Å²) in [5.41, 5.74) is 0. The third kappa shape index (κ3) is 9.45. The summed E-state index contributed by atoms with van der Waals surface area (Å²) in [7, 11) is -10.1. The Labute approximate surface area is 155 Å². The summed E-state index contributed by atoms with van der Waals surface area (Å²) in [4.78, 5) is 38.5. The molecule has 0 aromatic carbocycles. The second kappa shape index (κ2) is 11.4. The maximum absolute atomic E-state index is 11.3. The fraction of sp³-hybridized carbons (Fsp3) is 0.812. The first-order chi connectivity index (χ1) is 12.1. The summed E-state index contributed by atoms with van der Waals surface area (Å²) in [5.74, 6) is 0. The van der Waals surface area contributed by atoms with Crippen LogP contribution in [0.5, 0.6) is 0 Å². The Morgan fingerprint density at radius 3 is 2.04 bits per heavy atom. The Kier molecular flexibility index (Phi) is 10.3. The quantitative estimate of drug-likeness (QED) is 0.245. The van der Waals surface area contributed by atoms with E-state index in [1.165, 1.54) is 49.5 Å². The van der Waals surface area contributed by atoms with Crippen molar-refractivity contribution in [3.05, 3.63) is 18.7 Å². The van der Waals surface area contributed by atoms with Gasteiger partial charge in [0.15, 0.2) is 13.0 Å². The van der Waals surface area contributed by atoms with Gasteiger partial charge in [0.05, 0.1) is 6.54 Å². The van der Waals surface area contributed by atoms with Gasteiger partial charge < -0.3 is 24.1 Å². The predicted octanol–water partition coefficient (Wildman–Crippen LogP) is 2.36. The first kappa shape index (κ1) is 23.5. The molecule has 0 bridgehead atoms. The molecular weight excluding hydrogens is 378 g/mol. The van der Waals surface area contributed by atoms with Gasteiger partial charge in [-0.05, 0) is 12.8 Å². The molecule has 0 amide bonds. The Bertz CT molecular complexity index is 588. The zero-order valence-corrected chi connectivity index (χ0v) is 17.2. The van der Waals surface area contributed by atoms with Crippen LogP contribution in [0.4, 0.5) is 0 Å². The molecule has 3 N–H and O–H groups in total. The molecule has 10 heteroatoms. The average Bonchev–Trinajstić information content (AvgIpc) is 2.96. The van der Waals surface area contributed by atoms with Crippen molar-refractivity contribution >= 4 is 15.2 Å². The van der Waals surface area contributed by atoms with Crippen LogP contribution in [0, 0.1) is 0 Å². The Morgan fingerprint density at radius 2 is 1.54 bits per heavy atom. The second-order valence-corrected chi connectivity index (χ2v) is 10.8. The van der Waals surface area contributed by atoms with Crippen LogP contribution in [0.15, 0.2) is 18.7 Å². The van der Waals surface area contributed by atoms with Crippen molar-refractivity contribution in [1.82, 2.24) is 4.57 Å². The lowest BCUT2D eigenvalue weighted by molar-refractivity contribution is -0.694. The largest absolute Gasteiger partial charge is 0.778 e. The molecule has 0 fully saturated rings. The maximum Gasteiger partial charge on any atom is 0.341 e. The molecule has 0 aliphatic rings. The first-order valence-electron chi connectivity index (χ1n) is 9.28. The minimum atomic E-state index is -5.14. The topological polar surface area (TPSA) is 127 Å². The smallest absolute Gasteiger partial charge is 0.341 e. The molecule has 0 radical (unpaired) electrons. The van der Waals surface area contributed by atoms with Crippen LogP contribution in [0.1, 0.15) is 64.7 Å². The number of imidazole rings is 1. The molecule has 0 aliphatic carbocycles. The van der Waals surface area contributed by atoms with Crippen molar-refractivity contribution in [3.63, 3.8) is 0 Å². The van der Waals surface area contributed by atoms with Crippen LogP contribution < -0.4 is 9.46 Å². The number of nitrogens with zero attached hydrogens (tertiary/aromatic N) is 2. The Morgan fingerprint density at radius 1 is 1.00 bits per heavy atom. The standard InChI is InChI=1S/C16H32N2O6P2/c1-2-3-4-5-6-7-8-9-10-11-17-12-13-18(15-17)14-16(25(19,20)21)26(22,23)24/h12-13,15-16H,2-11,14H2,1H3,(H3-,19,20,21,22,23,24). The van der Waals surface area contributed by atoms with Crippen LogP contribution >= 0.6 is 15.2 Å². The summed E-state index contributed by atoms with van der Waals surface area (Å²) in [6.07, 6.45) is 15.9. The van der Waals surface area contributed by atoms with Crippen molar-refractivity contribution in [3.8, 4) is 0 Å². The van der Waals surface area contributed by atoms with E-state index >= 15 is 0 Å². The van der Waals surface area contributed by atoms with Gasteiger partial charge in [-0.25, -0.2) is 9.13 Å². The van der Waals surface area contributed by atoms with E-state index in [0.29, 0.717) is 0 Å². The van der Waals surface area contributed by atoms with Crippen molar-refractivity contribution in [2.45, 2.75) is 83.2 Å². The van der Waals surface area contributed by atoms with Crippen LogP contribution in [0.2, 0.25) is 0 Å². The summed E-state index contributed by atoms with van der Waals surface area (Å²) in [6.45, 7) is 2.49. The van der Waals surface area contributed by atoms with Crippen molar-refractivity contribution in [2.75, 3.05) is 0 Å². The molecule has 0 saturated carbocycles. The number of rotatable bonds is 14. The monoisotopic (exact) mass is 410 g/mol. The highest BCUT2D eigenvalue weighted by atomic mass is 31.2. The fourth-order valence-electron chi connectivity index (χ4n) is 2.87. The molecule has 8 nitrogen and oxygen atoms in total. The number of hydrogen-bond acceptors (Lipinski definition) is 3. The van der Waals surface area contributed by atoms with Crippen molar-refractivity contribution < 1.29 is 33.3 Å². The third-order valence-corrected chi connectivity index (χ3v) is 8.04. The Balaban J connectivity index is 2.32. The Hall–Kier alpha value is -0.490. The molecule has 1 aromatic heterocycles. The molecule has 152 valence electrons. The van der Waals surface area contributed by atoms with Gasteiger partial charge in [0.2, 0.25) is 6.33 Å². The van der Waals surface area contributed by atoms with E-state index in [1.807, 2.05) is 4.57 Å². The second-order valence-electron chi connectivity index (χ2n) is 6.81. The first-order valence-corrected chi connectivity index (χ1v) is 12.6. The van der Waals surface area contributed by atoms with Gasteiger partial charge >= 0.3 is 7.60 Å². The zero-order chi connectivity index (χ0) is 19.6. The van der Waals surface area contributed by atoms with E-state index in [4.69, 9.17) is 14.7 Å². The molecule has 0 aliphatic heterocycles. The zero-order valence-electron chi connectivity index (χ0n) is 15.4. The van der Waals surface area contributed by atoms with E-state index in [0.717, 1.165) is 19.4 Å². The highest BCUT2D eigenvalue weighted by Gasteiger charge is 2.39. The van der Waals surface area contributed by atoms with Crippen LogP contribution in [0.25, 0.3) is 0 Å². The lowest BCUT2D eigenvalue weighted by Gasteiger charge is -2.25. The van der Waals surface area contributed by atoms with Gasteiger partial charge in [-0.15, -0.1) is 0 Å². The molecule has 1 aromatic rings. The van der Waals surface area contributed by atoms with Gasteiger partial charge in [0, 0.05) is 0 Å². The number of aromatic nitrogens is 2. The van der Waals surface area contributed by atoms with Crippen LogP contribution in [-0.2, 0) is 22.2 Å². The average molecular weight is 410 g/mol. The van der Waals surface area contributed by atoms with E-state index in [-0.39, 0.29) is 0 Å². The molecule has 1 heterocycles. The molecule has 0 spiro atoms. The van der Waals surface area contributed by atoms with Crippen LogP contribution in [0.3, 0.4) is 0 Å². The van der Waals surface area contributed by atoms with Gasteiger partial charge in [-0.2, -0.15) is 0 Å². The molecule has 1 rings (SSSR count). The van der Waals surface area contributed by atoms with E-state index < -0.39 is 27.1 Å². The normalized spacial score (nSPS) is 15.7. The SMILES string of the molecule is CCCCCCCCCCCn1cc[n+](CC(P(=O)([O-])O)P(=O)(O)O)c1. The highest BCUT2D eigenvalue weighted by molar-refractivity contribution is 7.70. The van der Waals surface area contributed by atoms with Crippen LogP contribution in [-0.4, -0.2) is 24.6 Å². The lowest BCUT2D eigenvalue weighted by atomic mass is 10.1. The van der Waals surface area contributed by atoms with Crippen molar-refractivity contribution in [2.24, 2.45) is 0 Å². The molecule has 2 unspecified atom stereocenters. The number of aryl methyl sites for hydroxylation is 1. The van der Waals surface area contributed by atoms with Gasteiger partial charge in [-0.1, -0.05) is 51.9 Å². The van der Waals surface area contributed by atoms with Crippen molar-refractivity contribution in [1.29, 1.82) is 0 Å². The van der Waals surface area contributed by atoms with E-state index in [2.05, 4.69) is 6.92 Å². The third-order valence-electron chi connectivity index (χ3n) is 4.41. The highest BCUT2D eigenvalue weighted by Crippen LogP contribution is 2.57. The molecule has 0 saturated heterocycles. The number of unbranched alkanes of at least 4 members (excludes halogenated alkanes) is 8. The number of hydrogen-bond donors (Lipinski definition) is 3. The molecule has 26 heavy (non-hydrogen) atoms. The predicted molar refractivity (Wildman–Crippen MR) is 97.5 cm³/mol. The van der Waals surface area contributed by atoms with Gasteiger partial charge in [-0.3, -0.25) is 4.57 Å². The summed E-state index contributed by atoms with van der Waals surface area (Å²) in [6, 6.07) is 0. The summed E-state index contributed by atoms with van der Waals surface area (Å²) in [5, 5.41) is -2.12. The summed E-state index contributed by atoms with van der Waals surface area (Å²) < 4.78 is 25.7. The van der Waals surface area contributed by atoms with Gasteiger partial charge in [0.1, 0.15) is 18.9 Å². The van der Waals surface area contributed by atoms with E-state index in [1.54, 1.807) is 18.7 Å². The maximum atomic E-state index is 11.3. The lowest BCUT2D eigenvalue weighted by Crippen LogP contribution is -2.39. The van der Waals surface area contributed by atoms with E-state index in [9.17, 15) is 14.0 Å². The molecular formula is C16H32N2O6P2.